The maximum atomic E-state index is 11.4. The number of ether oxygens (including phenoxy) is 2. The SMILES string of the molecule is O=c1[nH]cnc(Nc2ccc3c(c2)OCO3)c1Br. The third-order valence-electron chi connectivity index (χ3n) is 2.43. The Bertz CT molecular complexity index is 656. The van der Waals surface area contributed by atoms with Crippen molar-refractivity contribution >= 4 is 27.4 Å². The molecule has 2 heterocycles. The molecular weight excluding hydrogens is 302 g/mol. The van der Waals surface area contributed by atoms with E-state index in [0.29, 0.717) is 21.8 Å². The fraction of sp³-hybridized carbons (Fsp3) is 0.0909. The number of aromatic amines is 1. The highest BCUT2D eigenvalue weighted by atomic mass is 79.9. The fourth-order valence-electron chi connectivity index (χ4n) is 1.58. The molecule has 1 aromatic heterocycles. The van der Waals surface area contributed by atoms with Gasteiger partial charge in [0.05, 0.1) is 6.33 Å². The van der Waals surface area contributed by atoms with Crippen molar-refractivity contribution in [1.29, 1.82) is 0 Å². The molecule has 0 atom stereocenters. The van der Waals surface area contributed by atoms with Gasteiger partial charge in [0.2, 0.25) is 6.79 Å². The van der Waals surface area contributed by atoms with E-state index in [1.165, 1.54) is 6.33 Å². The second-order valence-corrected chi connectivity index (χ2v) is 4.38. The average Bonchev–Trinajstić information content (AvgIpc) is 2.82. The van der Waals surface area contributed by atoms with Gasteiger partial charge in [0.15, 0.2) is 17.3 Å². The van der Waals surface area contributed by atoms with Gasteiger partial charge in [-0.3, -0.25) is 4.79 Å². The monoisotopic (exact) mass is 309 g/mol. The number of benzene rings is 1. The quantitative estimate of drug-likeness (QED) is 0.887. The summed E-state index contributed by atoms with van der Waals surface area (Å²) in [6.45, 7) is 0.228. The highest BCUT2D eigenvalue weighted by Crippen LogP contribution is 2.35. The van der Waals surface area contributed by atoms with Crippen molar-refractivity contribution in [1.82, 2.24) is 9.97 Å². The summed E-state index contributed by atoms with van der Waals surface area (Å²) >= 11 is 3.18. The van der Waals surface area contributed by atoms with Crippen LogP contribution in [0.5, 0.6) is 11.5 Å². The van der Waals surface area contributed by atoms with Crippen molar-refractivity contribution in [3.63, 3.8) is 0 Å². The van der Waals surface area contributed by atoms with Gasteiger partial charge < -0.3 is 19.8 Å². The number of hydrogen-bond acceptors (Lipinski definition) is 5. The van der Waals surface area contributed by atoms with Crippen LogP contribution in [0.2, 0.25) is 0 Å². The molecule has 1 aliphatic rings. The van der Waals surface area contributed by atoms with Crippen LogP contribution in [0.15, 0.2) is 33.8 Å². The summed E-state index contributed by atoms with van der Waals surface area (Å²) in [6.07, 6.45) is 1.34. The Hall–Kier alpha value is -2.02. The van der Waals surface area contributed by atoms with Crippen molar-refractivity contribution < 1.29 is 9.47 Å². The zero-order chi connectivity index (χ0) is 12.5. The Morgan fingerprint density at radius 2 is 2.17 bits per heavy atom. The van der Waals surface area contributed by atoms with Gasteiger partial charge in [-0.2, -0.15) is 0 Å². The molecule has 0 amide bonds. The van der Waals surface area contributed by atoms with Crippen molar-refractivity contribution in [3.8, 4) is 11.5 Å². The lowest BCUT2D eigenvalue weighted by Gasteiger charge is -2.07. The van der Waals surface area contributed by atoms with E-state index in [2.05, 4.69) is 31.2 Å². The molecule has 0 saturated carbocycles. The van der Waals surface area contributed by atoms with Gasteiger partial charge in [-0.15, -0.1) is 0 Å². The van der Waals surface area contributed by atoms with Crippen LogP contribution in [0.3, 0.4) is 0 Å². The lowest BCUT2D eigenvalue weighted by atomic mass is 10.3. The Morgan fingerprint density at radius 1 is 1.33 bits per heavy atom. The zero-order valence-electron chi connectivity index (χ0n) is 9.07. The van der Waals surface area contributed by atoms with E-state index in [4.69, 9.17) is 9.47 Å². The van der Waals surface area contributed by atoms with Crippen LogP contribution < -0.4 is 20.3 Å². The molecule has 7 heteroatoms. The number of H-pyrrole nitrogens is 1. The molecule has 92 valence electrons. The summed E-state index contributed by atoms with van der Waals surface area (Å²) in [6, 6.07) is 5.41. The molecule has 0 aliphatic carbocycles. The Labute approximate surface area is 110 Å². The lowest BCUT2D eigenvalue weighted by molar-refractivity contribution is 0.174. The normalized spacial score (nSPS) is 12.5. The van der Waals surface area contributed by atoms with Gasteiger partial charge in [0.25, 0.3) is 5.56 Å². The fourth-order valence-corrected chi connectivity index (χ4v) is 1.90. The van der Waals surface area contributed by atoms with Crippen LogP contribution in [0.1, 0.15) is 0 Å². The van der Waals surface area contributed by atoms with Crippen molar-refractivity contribution in [2.45, 2.75) is 0 Å². The molecule has 0 unspecified atom stereocenters. The summed E-state index contributed by atoms with van der Waals surface area (Å²) in [5.74, 6) is 1.82. The Kier molecular flexibility index (Phi) is 2.67. The van der Waals surface area contributed by atoms with Gasteiger partial charge >= 0.3 is 0 Å². The molecule has 1 aromatic carbocycles. The predicted molar refractivity (Wildman–Crippen MR) is 68.4 cm³/mol. The summed E-state index contributed by atoms with van der Waals surface area (Å²) < 4.78 is 10.8. The van der Waals surface area contributed by atoms with E-state index < -0.39 is 0 Å². The predicted octanol–water partition coefficient (Wildman–Crippen LogP) is 2.00. The van der Waals surface area contributed by atoms with Crippen LogP contribution in [-0.2, 0) is 0 Å². The summed E-state index contributed by atoms with van der Waals surface area (Å²) in [7, 11) is 0. The van der Waals surface area contributed by atoms with Gasteiger partial charge in [0.1, 0.15) is 4.47 Å². The second-order valence-electron chi connectivity index (χ2n) is 3.59. The number of fused-ring (bicyclic) bond motifs is 1. The van der Waals surface area contributed by atoms with Crippen LogP contribution in [-0.4, -0.2) is 16.8 Å². The lowest BCUT2D eigenvalue weighted by Crippen LogP contribution is -2.09. The average molecular weight is 310 g/mol. The number of hydrogen-bond donors (Lipinski definition) is 2. The van der Waals surface area contributed by atoms with E-state index in [9.17, 15) is 4.79 Å². The first-order valence-electron chi connectivity index (χ1n) is 5.14. The van der Waals surface area contributed by atoms with Crippen LogP contribution in [0.4, 0.5) is 11.5 Å². The van der Waals surface area contributed by atoms with Gasteiger partial charge in [-0.25, -0.2) is 4.98 Å². The third-order valence-corrected chi connectivity index (χ3v) is 3.17. The minimum atomic E-state index is -0.242. The van der Waals surface area contributed by atoms with E-state index in [1.54, 1.807) is 12.1 Å². The maximum absolute atomic E-state index is 11.4. The summed E-state index contributed by atoms with van der Waals surface area (Å²) in [4.78, 5) is 17.9. The van der Waals surface area contributed by atoms with Gasteiger partial charge in [-0.05, 0) is 28.1 Å². The Morgan fingerprint density at radius 3 is 3.06 bits per heavy atom. The van der Waals surface area contributed by atoms with E-state index in [-0.39, 0.29) is 12.4 Å². The molecule has 0 bridgehead atoms. The molecule has 0 spiro atoms. The van der Waals surface area contributed by atoms with Crippen LogP contribution in [0.25, 0.3) is 0 Å². The topological polar surface area (TPSA) is 76.2 Å². The molecular formula is C11H8BrN3O3. The summed E-state index contributed by atoms with van der Waals surface area (Å²) in [5, 5.41) is 3.03. The standard InChI is InChI=1S/C11H8BrN3O3/c12-9-10(13-4-14-11(9)16)15-6-1-2-7-8(3-6)18-5-17-7/h1-4H,5H2,(H2,13,14,15,16). The molecule has 3 rings (SSSR count). The molecule has 1 aliphatic heterocycles. The maximum Gasteiger partial charge on any atom is 0.267 e. The van der Waals surface area contributed by atoms with Crippen molar-refractivity contribution in [2.75, 3.05) is 12.1 Å². The molecule has 6 nitrogen and oxygen atoms in total. The highest BCUT2D eigenvalue weighted by Gasteiger charge is 2.14. The minimum Gasteiger partial charge on any atom is -0.454 e. The van der Waals surface area contributed by atoms with E-state index >= 15 is 0 Å². The number of nitrogens with one attached hydrogen (secondary N) is 2. The molecule has 0 radical (unpaired) electrons. The minimum absolute atomic E-state index is 0.228. The highest BCUT2D eigenvalue weighted by molar-refractivity contribution is 9.10. The molecule has 18 heavy (non-hydrogen) atoms. The summed E-state index contributed by atoms with van der Waals surface area (Å²) in [5.41, 5.74) is 0.520. The van der Waals surface area contributed by atoms with Crippen molar-refractivity contribution in [2.24, 2.45) is 0 Å². The van der Waals surface area contributed by atoms with Gasteiger partial charge in [-0.1, -0.05) is 0 Å². The third kappa shape index (κ3) is 1.92. The Balaban J connectivity index is 1.93. The molecule has 2 N–H and O–H groups in total. The number of aromatic nitrogens is 2. The first kappa shape index (κ1) is 11.1. The number of halogens is 1. The number of nitrogens with zero attached hydrogens (tertiary/aromatic N) is 1. The second kappa shape index (κ2) is 4.34. The van der Waals surface area contributed by atoms with E-state index in [0.717, 1.165) is 5.69 Å². The number of anilines is 2. The largest absolute Gasteiger partial charge is 0.454 e. The van der Waals surface area contributed by atoms with E-state index in [1.807, 2.05) is 6.07 Å². The smallest absolute Gasteiger partial charge is 0.267 e. The van der Waals surface area contributed by atoms with Gasteiger partial charge in [0, 0.05) is 11.8 Å². The molecule has 0 fully saturated rings. The number of rotatable bonds is 2. The molecule has 0 saturated heterocycles. The molecule has 2 aromatic rings. The first-order valence-corrected chi connectivity index (χ1v) is 5.93. The first-order chi connectivity index (χ1) is 8.74. The zero-order valence-corrected chi connectivity index (χ0v) is 10.7. The van der Waals surface area contributed by atoms with Crippen LogP contribution >= 0.6 is 15.9 Å². The van der Waals surface area contributed by atoms with Crippen LogP contribution in [0, 0.1) is 0 Å². The van der Waals surface area contributed by atoms with Crippen molar-refractivity contribution in [3.05, 3.63) is 39.4 Å².